The molecule has 1 fully saturated rings. The summed E-state index contributed by atoms with van der Waals surface area (Å²) in [6.07, 6.45) is 6.00. The van der Waals surface area contributed by atoms with E-state index in [2.05, 4.69) is 21.5 Å². The number of hydrogen-bond donors (Lipinski definition) is 0. The number of rotatable bonds is 4. The zero-order valence-corrected chi connectivity index (χ0v) is 15.6. The van der Waals surface area contributed by atoms with Crippen molar-refractivity contribution in [2.45, 2.75) is 37.1 Å². The van der Waals surface area contributed by atoms with E-state index in [0.717, 1.165) is 36.0 Å². The fourth-order valence-corrected chi connectivity index (χ4v) is 5.01. The molecule has 0 unspecified atom stereocenters. The molecule has 0 spiro atoms. The maximum Gasteiger partial charge on any atom is 0.243 e. The molecule has 1 saturated heterocycles. The zero-order chi connectivity index (χ0) is 18.1. The first kappa shape index (κ1) is 17.2. The monoisotopic (exact) mass is 370 g/mol. The van der Waals surface area contributed by atoms with Crippen LogP contribution in [0.1, 0.15) is 31.4 Å². The van der Waals surface area contributed by atoms with Gasteiger partial charge in [-0.05, 0) is 49.1 Å². The second-order valence-electron chi connectivity index (χ2n) is 6.63. The standard InChI is InChI=1S/C19H22N4O2S/c1-2-15-5-7-17(8-6-15)26(24,25)22-12-9-16(10-13-22)23-14-21-18-4-3-11-20-19(18)23/h3-8,11,14,16H,2,9-10,12-13H2,1H3. The Morgan fingerprint density at radius 3 is 2.50 bits per heavy atom. The van der Waals surface area contributed by atoms with Crippen LogP contribution >= 0.6 is 0 Å². The Morgan fingerprint density at radius 1 is 1.08 bits per heavy atom. The van der Waals surface area contributed by atoms with Gasteiger partial charge in [-0.25, -0.2) is 18.4 Å². The van der Waals surface area contributed by atoms with Crippen LogP contribution in [0.4, 0.5) is 0 Å². The molecule has 0 amide bonds. The number of sulfonamides is 1. The fourth-order valence-electron chi connectivity index (χ4n) is 3.54. The van der Waals surface area contributed by atoms with Crippen molar-refractivity contribution in [3.05, 3.63) is 54.5 Å². The summed E-state index contributed by atoms with van der Waals surface area (Å²) in [7, 11) is -3.43. The summed E-state index contributed by atoms with van der Waals surface area (Å²) in [5, 5.41) is 0. The molecule has 6 nitrogen and oxygen atoms in total. The molecule has 0 aliphatic carbocycles. The van der Waals surface area contributed by atoms with Crippen molar-refractivity contribution in [3.8, 4) is 0 Å². The van der Waals surface area contributed by atoms with Gasteiger partial charge in [0.2, 0.25) is 10.0 Å². The van der Waals surface area contributed by atoms with Crippen LogP contribution in [-0.4, -0.2) is 40.3 Å². The molecule has 26 heavy (non-hydrogen) atoms. The normalized spacial score (nSPS) is 17.0. The Morgan fingerprint density at radius 2 is 1.81 bits per heavy atom. The first-order valence-corrected chi connectivity index (χ1v) is 10.4. The molecule has 136 valence electrons. The van der Waals surface area contributed by atoms with Crippen LogP contribution in [-0.2, 0) is 16.4 Å². The molecule has 0 N–H and O–H groups in total. The van der Waals surface area contributed by atoms with Gasteiger partial charge < -0.3 is 4.57 Å². The lowest BCUT2D eigenvalue weighted by atomic mass is 10.1. The quantitative estimate of drug-likeness (QED) is 0.708. The van der Waals surface area contributed by atoms with Crippen molar-refractivity contribution in [1.29, 1.82) is 0 Å². The maximum atomic E-state index is 12.9. The highest BCUT2D eigenvalue weighted by Gasteiger charge is 2.30. The minimum atomic E-state index is -3.43. The fraction of sp³-hybridized carbons (Fsp3) is 0.368. The van der Waals surface area contributed by atoms with E-state index in [1.54, 1.807) is 22.6 Å². The molecule has 2 aromatic heterocycles. The number of aromatic nitrogens is 3. The van der Waals surface area contributed by atoms with Gasteiger partial charge in [-0.2, -0.15) is 4.31 Å². The molecule has 0 radical (unpaired) electrons. The van der Waals surface area contributed by atoms with E-state index in [-0.39, 0.29) is 6.04 Å². The molecular weight excluding hydrogens is 348 g/mol. The second kappa shape index (κ2) is 6.81. The molecule has 3 heterocycles. The minimum Gasteiger partial charge on any atom is -0.312 e. The largest absolute Gasteiger partial charge is 0.312 e. The van der Waals surface area contributed by atoms with E-state index in [0.29, 0.717) is 18.0 Å². The lowest BCUT2D eigenvalue weighted by Gasteiger charge is -2.31. The van der Waals surface area contributed by atoms with Crippen LogP contribution in [0.3, 0.4) is 0 Å². The molecular formula is C19H22N4O2S. The highest BCUT2D eigenvalue weighted by Crippen LogP contribution is 2.28. The summed E-state index contributed by atoms with van der Waals surface area (Å²) in [5.41, 5.74) is 2.88. The second-order valence-corrected chi connectivity index (χ2v) is 8.57. The van der Waals surface area contributed by atoms with E-state index in [9.17, 15) is 8.42 Å². The van der Waals surface area contributed by atoms with Gasteiger partial charge in [0.25, 0.3) is 0 Å². The van der Waals surface area contributed by atoms with Crippen molar-refractivity contribution in [2.24, 2.45) is 0 Å². The van der Waals surface area contributed by atoms with Crippen LogP contribution in [0.5, 0.6) is 0 Å². The Bertz CT molecular complexity index is 1000. The van der Waals surface area contributed by atoms with Gasteiger partial charge in [-0.3, -0.25) is 0 Å². The molecule has 1 aliphatic heterocycles. The molecule has 7 heteroatoms. The summed E-state index contributed by atoms with van der Waals surface area (Å²) in [6.45, 7) is 3.08. The van der Waals surface area contributed by atoms with Gasteiger partial charge in [-0.15, -0.1) is 0 Å². The third-order valence-corrected chi connectivity index (χ3v) is 7.03. The van der Waals surface area contributed by atoms with Crippen molar-refractivity contribution in [3.63, 3.8) is 0 Å². The first-order valence-electron chi connectivity index (χ1n) is 8.96. The van der Waals surface area contributed by atoms with Gasteiger partial charge in [-0.1, -0.05) is 19.1 Å². The molecule has 1 aromatic carbocycles. The van der Waals surface area contributed by atoms with E-state index in [1.807, 2.05) is 30.6 Å². The molecule has 4 rings (SSSR count). The number of nitrogens with zero attached hydrogens (tertiary/aromatic N) is 4. The van der Waals surface area contributed by atoms with E-state index >= 15 is 0 Å². The van der Waals surface area contributed by atoms with E-state index < -0.39 is 10.0 Å². The SMILES string of the molecule is CCc1ccc(S(=O)(=O)N2CCC(n3cnc4cccnc43)CC2)cc1. The lowest BCUT2D eigenvalue weighted by molar-refractivity contribution is 0.276. The highest BCUT2D eigenvalue weighted by molar-refractivity contribution is 7.89. The Balaban J connectivity index is 1.50. The summed E-state index contributed by atoms with van der Waals surface area (Å²) in [6, 6.07) is 11.3. The predicted octanol–water partition coefficient (Wildman–Crippen LogP) is 3.02. The van der Waals surface area contributed by atoms with E-state index in [4.69, 9.17) is 0 Å². The summed E-state index contributed by atoms with van der Waals surface area (Å²) in [4.78, 5) is 9.19. The van der Waals surface area contributed by atoms with Gasteiger partial charge in [0, 0.05) is 25.3 Å². The molecule has 0 atom stereocenters. The number of aryl methyl sites for hydroxylation is 1. The Labute approximate surface area is 153 Å². The van der Waals surface area contributed by atoms with Crippen LogP contribution in [0.25, 0.3) is 11.2 Å². The smallest absolute Gasteiger partial charge is 0.243 e. The van der Waals surface area contributed by atoms with Gasteiger partial charge in [0.1, 0.15) is 5.52 Å². The van der Waals surface area contributed by atoms with Crippen LogP contribution in [0, 0.1) is 0 Å². The van der Waals surface area contributed by atoms with E-state index in [1.165, 1.54) is 0 Å². The zero-order valence-electron chi connectivity index (χ0n) is 14.7. The summed E-state index contributed by atoms with van der Waals surface area (Å²) < 4.78 is 29.4. The Hall–Kier alpha value is -2.25. The predicted molar refractivity (Wildman–Crippen MR) is 100 cm³/mol. The first-order chi connectivity index (χ1) is 12.6. The Kier molecular flexibility index (Phi) is 4.50. The lowest BCUT2D eigenvalue weighted by Crippen LogP contribution is -2.39. The van der Waals surface area contributed by atoms with Crippen molar-refractivity contribution in [1.82, 2.24) is 18.8 Å². The number of imidazole rings is 1. The van der Waals surface area contributed by atoms with Gasteiger partial charge in [0.05, 0.1) is 11.2 Å². The number of piperidine rings is 1. The number of pyridine rings is 1. The third kappa shape index (κ3) is 3.01. The van der Waals surface area contributed by atoms with Crippen LogP contribution < -0.4 is 0 Å². The number of hydrogen-bond acceptors (Lipinski definition) is 4. The molecule has 0 saturated carbocycles. The minimum absolute atomic E-state index is 0.226. The highest BCUT2D eigenvalue weighted by atomic mass is 32.2. The number of fused-ring (bicyclic) bond motifs is 1. The van der Waals surface area contributed by atoms with Crippen molar-refractivity contribution >= 4 is 21.2 Å². The average molecular weight is 370 g/mol. The summed E-state index contributed by atoms with van der Waals surface area (Å²) >= 11 is 0. The van der Waals surface area contributed by atoms with Crippen LogP contribution in [0.2, 0.25) is 0 Å². The molecule has 3 aromatic rings. The topological polar surface area (TPSA) is 68.1 Å². The average Bonchev–Trinajstić information content (AvgIpc) is 3.12. The molecule has 1 aliphatic rings. The molecule has 0 bridgehead atoms. The number of benzene rings is 1. The maximum absolute atomic E-state index is 12.9. The van der Waals surface area contributed by atoms with Crippen molar-refractivity contribution in [2.75, 3.05) is 13.1 Å². The van der Waals surface area contributed by atoms with Crippen molar-refractivity contribution < 1.29 is 8.42 Å². The van der Waals surface area contributed by atoms with Gasteiger partial charge >= 0.3 is 0 Å². The summed E-state index contributed by atoms with van der Waals surface area (Å²) in [5.74, 6) is 0. The third-order valence-electron chi connectivity index (χ3n) is 5.12. The van der Waals surface area contributed by atoms with Gasteiger partial charge in [0.15, 0.2) is 5.65 Å². The van der Waals surface area contributed by atoms with Crippen LogP contribution in [0.15, 0.2) is 53.8 Å².